The maximum atomic E-state index is 12.9. The quantitative estimate of drug-likeness (QED) is 0.680. The number of halogens is 1. The lowest BCUT2D eigenvalue weighted by atomic mass is 10.2. The van der Waals surface area contributed by atoms with E-state index in [2.05, 4.69) is 5.10 Å². The summed E-state index contributed by atoms with van der Waals surface area (Å²) < 4.78 is 7.53. The van der Waals surface area contributed by atoms with Gasteiger partial charge in [-0.1, -0.05) is 30.2 Å². The molecular weight excluding hydrogens is 384 g/mol. The highest BCUT2D eigenvalue weighted by Gasteiger charge is 2.22. The largest absolute Gasteiger partial charge is 0.468 e. The van der Waals surface area contributed by atoms with Crippen LogP contribution in [-0.2, 0) is 40.4 Å². The molecule has 0 aliphatic carbocycles. The number of ether oxygens (including phenoxy) is 1. The van der Waals surface area contributed by atoms with E-state index in [-0.39, 0.29) is 31.2 Å². The summed E-state index contributed by atoms with van der Waals surface area (Å²) in [6.07, 6.45) is 3.70. The summed E-state index contributed by atoms with van der Waals surface area (Å²) in [5.74, 6) is -0.196. The van der Waals surface area contributed by atoms with Crippen molar-refractivity contribution < 1.29 is 14.3 Å². The number of amides is 1. The summed E-state index contributed by atoms with van der Waals surface area (Å²) in [4.78, 5) is 38.6. The maximum absolute atomic E-state index is 12.9. The number of aromatic nitrogens is 3. The van der Waals surface area contributed by atoms with Crippen molar-refractivity contribution in [3.63, 3.8) is 0 Å². The summed E-state index contributed by atoms with van der Waals surface area (Å²) in [5, 5.41) is 4.92. The van der Waals surface area contributed by atoms with Crippen molar-refractivity contribution in [2.24, 2.45) is 0 Å². The second-order valence-electron chi connectivity index (χ2n) is 6.77. The molecular formula is C19H23ClN4O4. The molecule has 28 heavy (non-hydrogen) atoms. The Bertz CT molecular complexity index is 904. The van der Waals surface area contributed by atoms with Crippen molar-refractivity contribution in [3.8, 4) is 0 Å². The number of fused-ring (bicyclic) bond motifs is 1. The highest BCUT2D eigenvalue weighted by Crippen LogP contribution is 2.13. The summed E-state index contributed by atoms with van der Waals surface area (Å²) in [7, 11) is 1.27. The number of benzene rings is 1. The summed E-state index contributed by atoms with van der Waals surface area (Å²) in [6, 6.07) is 7.00. The molecule has 150 valence electrons. The van der Waals surface area contributed by atoms with E-state index in [4.69, 9.17) is 16.3 Å². The van der Waals surface area contributed by atoms with Gasteiger partial charge in [0.25, 0.3) is 0 Å². The molecule has 1 amide bonds. The predicted octanol–water partition coefficient (Wildman–Crippen LogP) is 1.63. The second-order valence-corrected chi connectivity index (χ2v) is 7.21. The smallest absolute Gasteiger partial charge is 0.346 e. The van der Waals surface area contributed by atoms with Crippen LogP contribution in [0.3, 0.4) is 0 Å². The molecule has 9 heteroatoms. The first-order chi connectivity index (χ1) is 13.5. The Kier molecular flexibility index (Phi) is 6.51. The third-order valence-electron chi connectivity index (χ3n) is 4.75. The fourth-order valence-electron chi connectivity index (χ4n) is 3.22. The van der Waals surface area contributed by atoms with Crippen LogP contribution in [0.5, 0.6) is 0 Å². The number of rotatable bonds is 6. The zero-order valence-electron chi connectivity index (χ0n) is 15.8. The fraction of sp³-hybridized carbons (Fsp3) is 0.474. The normalized spacial score (nSPS) is 13.5. The average Bonchev–Trinajstić information content (AvgIpc) is 2.85. The van der Waals surface area contributed by atoms with E-state index >= 15 is 0 Å². The fourth-order valence-corrected chi connectivity index (χ4v) is 3.35. The molecule has 0 saturated carbocycles. The van der Waals surface area contributed by atoms with Gasteiger partial charge >= 0.3 is 11.7 Å². The van der Waals surface area contributed by atoms with Gasteiger partial charge in [0.05, 0.1) is 7.11 Å². The molecule has 8 nitrogen and oxygen atoms in total. The molecule has 2 heterocycles. The number of esters is 1. The number of methoxy groups -OCH3 is 1. The number of nitrogens with zero attached hydrogens (tertiary/aromatic N) is 4. The van der Waals surface area contributed by atoms with Gasteiger partial charge in [0.2, 0.25) is 5.91 Å². The van der Waals surface area contributed by atoms with Crippen molar-refractivity contribution in [2.45, 2.75) is 45.3 Å². The van der Waals surface area contributed by atoms with Gasteiger partial charge in [0, 0.05) is 24.5 Å². The monoisotopic (exact) mass is 406 g/mol. The molecule has 0 unspecified atom stereocenters. The van der Waals surface area contributed by atoms with Crippen molar-refractivity contribution >= 4 is 23.5 Å². The zero-order valence-corrected chi connectivity index (χ0v) is 16.5. The van der Waals surface area contributed by atoms with Gasteiger partial charge in [-0.25, -0.2) is 9.48 Å². The third kappa shape index (κ3) is 4.81. The minimum atomic E-state index is -0.532. The van der Waals surface area contributed by atoms with E-state index in [0.29, 0.717) is 17.4 Å². The van der Waals surface area contributed by atoms with Crippen LogP contribution < -0.4 is 5.69 Å². The zero-order chi connectivity index (χ0) is 20.1. The third-order valence-corrected chi connectivity index (χ3v) is 5.01. The van der Waals surface area contributed by atoms with Crippen molar-refractivity contribution in [2.75, 3.05) is 13.7 Å². The van der Waals surface area contributed by atoms with Gasteiger partial charge in [0.1, 0.15) is 18.9 Å². The predicted molar refractivity (Wildman–Crippen MR) is 103 cm³/mol. The Morgan fingerprint density at radius 3 is 2.68 bits per heavy atom. The molecule has 3 rings (SSSR count). The molecule has 1 aliphatic heterocycles. The maximum Gasteiger partial charge on any atom is 0.346 e. The van der Waals surface area contributed by atoms with Crippen LogP contribution in [0.15, 0.2) is 29.1 Å². The summed E-state index contributed by atoms with van der Waals surface area (Å²) in [6.45, 7) is 0.399. The van der Waals surface area contributed by atoms with Crippen molar-refractivity contribution in [1.82, 2.24) is 19.2 Å². The van der Waals surface area contributed by atoms with Crippen LogP contribution in [0.4, 0.5) is 0 Å². The first kappa shape index (κ1) is 20.1. The number of hydrogen-bond acceptors (Lipinski definition) is 5. The average molecular weight is 407 g/mol. The topological polar surface area (TPSA) is 86.4 Å². The Hall–Kier alpha value is -2.61. The van der Waals surface area contributed by atoms with E-state index in [1.54, 1.807) is 28.8 Å². The van der Waals surface area contributed by atoms with E-state index < -0.39 is 5.97 Å². The van der Waals surface area contributed by atoms with Gasteiger partial charge in [0.15, 0.2) is 0 Å². The Labute approximate surface area is 167 Å². The van der Waals surface area contributed by atoms with Crippen LogP contribution in [0, 0.1) is 0 Å². The van der Waals surface area contributed by atoms with Gasteiger partial charge in [-0.05, 0) is 30.5 Å². The molecule has 1 aromatic heterocycles. The van der Waals surface area contributed by atoms with Crippen molar-refractivity contribution in [3.05, 3.63) is 51.2 Å². The van der Waals surface area contributed by atoms with Gasteiger partial charge in [-0.15, -0.1) is 0 Å². The molecule has 0 saturated heterocycles. The lowest BCUT2D eigenvalue weighted by molar-refractivity contribution is -0.147. The molecule has 0 spiro atoms. The number of carbonyl (C=O) groups is 2. The molecule has 1 aromatic carbocycles. The van der Waals surface area contributed by atoms with E-state index in [9.17, 15) is 14.4 Å². The summed E-state index contributed by atoms with van der Waals surface area (Å²) >= 11 is 5.90. The van der Waals surface area contributed by atoms with Gasteiger partial charge in [-0.3, -0.25) is 14.2 Å². The van der Waals surface area contributed by atoms with Gasteiger partial charge in [-0.2, -0.15) is 5.10 Å². The number of hydrogen-bond donors (Lipinski definition) is 0. The minimum absolute atomic E-state index is 0.202. The van der Waals surface area contributed by atoms with Crippen LogP contribution in [-0.4, -0.2) is 44.8 Å². The lowest BCUT2D eigenvalue weighted by Crippen LogP contribution is -2.40. The minimum Gasteiger partial charge on any atom is -0.468 e. The highest BCUT2D eigenvalue weighted by atomic mass is 35.5. The van der Waals surface area contributed by atoms with E-state index in [1.165, 1.54) is 16.7 Å². The lowest BCUT2D eigenvalue weighted by Gasteiger charge is -2.21. The molecule has 0 bridgehead atoms. The van der Waals surface area contributed by atoms with Crippen molar-refractivity contribution in [1.29, 1.82) is 0 Å². The molecule has 0 N–H and O–H groups in total. The Morgan fingerprint density at radius 1 is 1.21 bits per heavy atom. The number of carbonyl (C=O) groups excluding carboxylic acids is 2. The molecule has 0 atom stereocenters. The summed E-state index contributed by atoms with van der Waals surface area (Å²) in [5.41, 5.74) is 0.532. The second kappa shape index (κ2) is 9.05. The standard InChI is InChI=1S/C19H23ClN4O4/c1-28-18(26)13-22(11-14-6-8-15(20)9-7-14)17(25)12-24-19(27)23-10-4-2-3-5-16(23)21-24/h6-9H,2-5,10-13H2,1H3. The van der Waals surface area contributed by atoms with Crippen LogP contribution in [0.2, 0.25) is 5.02 Å². The van der Waals surface area contributed by atoms with Gasteiger partial charge < -0.3 is 9.64 Å². The first-order valence-electron chi connectivity index (χ1n) is 9.23. The van der Waals surface area contributed by atoms with Crippen LogP contribution >= 0.6 is 11.6 Å². The van der Waals surface area contributed by atoms with Crippen LogP contribution in [0.1, 0.15) is 30.7 Å². The first-order valence-corrected chi connectivity index (χ1v) is 9.61. The molecule has 0 radical (unpaired) electrons. The SMILES string of the molecule is COC(=O)CN(Cc1ccc(Cl)cc1)C(=O)Cn1nc2n(c1=O)CCCCC2. The van der Waals surface area contributed by atoms with E-state index in [1.807, 2.05) is 0 Å². The molecule has 0 fully saturated rings. The Balaban J connectivity index is 1.78. The highest BCUT2D eigenvalue weighted by molar-refractivity contribution is 6.30. The Morgan fingerprint density at radius 2 is 1.96 bits per heavy atom. The van der Waals surface area contributed by atoms with Crippen LogP contribution in [0.25, 0.3) is 0 Å². The molecule has 2 aromatic rings. The van der Waals surface area contributed by atoms with E-state index in [0.717, 1.165) is 31.2 Å². The molecule has 1 aliphatic rings. The number of aryl methyl sites for hydroxylation is 1.